The maximum Gasteiger partial charge on any atom is 0.134 e. The lowest BCUT2D eigenvalue weighted by atomic mass is 10.1. The van der Waals surface area contributed by atoms with Gasteiger partial charge in [-0.2, -0.15) is 0 Å². The quantitative estimate of drug-likeness (QED) is 0.882. The van der Waals surface area contributed by atoms with Crippen LogP contribution in [0.15, 0.2) is 24.4 Å². The summed E-state index contributed by atoms with van der Waals surface area (Å²) >= 11 is 0. The molecule has 0 saturated heterocycles. The Bertz CT molecular complexity index is 555. The van der Waals surface area contributed by atoms with Crippen LogP contribution in [0.5, 0.6) is 0 Å². The molecule has 19 heavy (non-hydrogen) atoms. The Kier molecular flexibility index (Phi) is 4.12. The maximum absolute atomic E-state index is 5.53. The predicted molar refractivity (Wildman–Crippen MR) is 78.7 cm³/mol. The number of nitrogens with two attached hydrogens (primary N) is 1. The second kappa shape index (κ2) is 5.80. The van der Waals surface area contributed by atoms with Crippen molar-refractivity contribution in [2.45, 2.75) is 27.2 Å². The van der Waals surface area contributed by atoms with Gasteiger partial charge in [0.25, 0.3) is 0 Å². The molecule has 0 atom stereocenters. The monoisotopic (exact) mass is 256 g/mol. The van der Waals surface area contributed by atoms with Crippen molar-refractivity contribution in [2.24, 2.45) is 5.73 Å². The number of nitrogens with one attached hydrogen (secondary N) is 1. The molecule has 2 rings (SSSR count). The zero-order chi connectivity index (χ0) is 13.8. The lowest BCUT2D eigenvalue weighted by Crippen LogP contribution is -2.07. The first-order valence-electron chi connectivity index (χ1n) is 6.47. The Morgan fingerprint density at radius 2 is 1.84 bits per heavy atom. The minimum Gasteiger partial charge on any atom is -0.340 e. The molecule has 4 heteroatoms. The SMILES string of the molecule is Cc1cc(C)c(Nc2ccnc(CCN)n2)c(C)c1. The van der Waals surface area contributed by atoms with Crippen LogP contribution in [0.2, 0.25) is 0 Å². The zero-order valence-corrected chi connectivity index (χ0v) is 11.7. The molecule has 2 aromatic rings. The summed E-state index contributed by atoms with van der Waals surface area (Å²) in [7, 11) is 0. The van der Waals surface area contributed by atoms with E-state index in [1.54, 1.807) is 6.20 Å². The van der Waals surface area contributed by atoms with Crippen LogP contribution < -0.4 is 11.1 Å². The maximum atomic E-state index is 5.53. The molecule has 0 radical (unpaired) electrons. The number of aryl methyl sites for hydroxylation is 3. The number of hydrogen-bond donors (Lipinski definition) is 2. The van der Waals surface area contributed by atoms with Gasteiger partial charge in [0.15, 0.2) is 0 Å². The van der Waals surface area contributed by atoms with Crippen LogP contribution in [-0.4, -0.2) is 16.5 Å². The molecule has 0 bridgehead atoms. The number of rotatable bonds is 4. The van der Waals surface area contributed by atoms with Gasteiger partial charge in [-0.05, 0) is 44.5 Å². The van der Waals surface area contributed by atoms with Crippen molar-refractivity contribution in [1.82, 2.24) is 9.97 Å². The Morgan fingerprint density at radius 3 is 2.47 bits per heavy atom. The molecule has 0 aliphatic rings. The molecule has 100 valence electrons. The second-order valence-corrected chi connectivity index (χ2v) is 4.80. The van der Waals surface area contributed by atoms with Gasteiger partial charge in [-0.25, -0.2) is 9.97 Å². The van der Waals surface area contributed by atoms with E-state index >= 15 is 0 Å². The van der Waals surface area contributed by atoms with Crippen LogP contribution in [0.4, 0.5) is 11.5 Å². The fourth-order valence-electron chi connectivity index (χ4n) is 2.22. The van der Waals surface area contributed by atoms with Crippen LogP contribution in [-0.2, 0) is 6.42 Å². The van der Waals surface area contributed by atoms with Crippen molar-refractivity contribution in [2.75, 3.05) is 11.9 Å². The molecule has 0 unspecified atom stereocenters. The number of benzene rings is 1. The van der Waals surface area contributed by atoms with E-state index in [1.807, 2.05) is 6.07 Å². The van der Waals surface area contributed by atoms with Gasteiger partial charge < -0.3 is 11.1 Å². The average Bonchev–Trinajstić information content (AvgIpc) is 2.35. The van der Waals surface area contributed by atoms with E-state index in [-0.39, 0.29) is 0 Å². The molecule has 0 aliphatic heterocycles. The summed E-state index contributed by atoms with van der Waals surface area (Å²) < 4.78 is 0. The van der Waals surface area contributed by atoms with Gasteiger partial charge in [-0.3, -0.25) is 0 Å². The Labute approximate surface area is 114 Å². The highest BCUT2D eigenvalue weighted by atomic mass is 15.0. The van der Waals surface area contributed by atoms with Gasteiger partial charge in [0, 0.05) is 18.3 Å². The average molecular weight is 256 g/mol. The second-order valence-electron chi connectivity index (χ2n) is 4.80. The molecular formula is C15H20N4. The smallest absolute Gasteiger partial charge is 0.134 e. The van der Waals surface area contributed by atoms with Crippen molar-refractivity contribution >= 4 is 11.5 Å². The fourth-order valence-corrected chi connectivity index (χ4v) is 2.22. The van der Waals surface area contributed by atoms with E-state index in [1.165, 1.54) is 16.7 Å². The van der Waals surface area contributed by atoms with Crippen LogP contribution in [0.25, 0.3) is 0 Å². The third-order valence-electron chi connectivity index (χ3n) is 3.00. The lowest BCUT2D eigenvalue weighted by Gasteiger charge is -2.13. The normalized spacial score (nSPS) is 10.5. The summed E-state index contributed by atoms with van der Waals surface area (Å²) in [4.78, 5) is 8.66. The number of aromatic nitrogens is 2. The first kappa shape index (κ1) is 13.5. The molecule has 1 aromatic carbocycles. The number of nitrogens with zero attached hydrogens (tertiary/aromatic N) is 2. The molecule has 0 aliphatic carbocycles. The van der Waals surface area contributed by atoms with Gasteiger partial charge >= 0.3 is 0 Å². The van der Waals surface area contributed by atoms with E-state index in [9.17, 15) is 0 Å². The predicted octanol–water partition coefficient (Wildman–Crippen LogP) is 2.65. The van der Waals surface area contributed by atoms with Gasteiger partial charge in [-0.1, -0.05) is 17.7 Å². The van der Waals surface area contributed by atoms with Crippen LogP contribution in [0.3, 0.4) is 0 Å². The van der Waals surface area contributed by atoms with Gasteiger partial charge in [0.2, 0.25) is 0 Å². The summed E-state index contributed by atoms with van der Waals surface area (Å²) in [6.45, 7) is 6.87. The fraction of sp³-hybridized carbons (Fsp3) is 0.333. The Balaban J connectivity index is 2.28. The molecule has 0 spiro atoms. The summed E-state index contributed by atoms with van der Waals surface area (Å²) in [6, 6.07) is 6.20. The van der Waals surface area contributed by atoms with Crippen LogP contribution >= 0.6 is 0 Å². The molecule has 4 nitrogen and oxygen atoms in total. The molecule has 1 heterocycles. The molecule has 1 aromatic heterocycles. The zero-order valence-electron chi connectivity index (χ0n) is 11.7. The summed E-state index contributed by atoms with van der Waals surface area (Å²) in [5, 5.41) is 3.37. The van der Waals surface area contributed by atoms with E-state index in [0.29, 0.717) is 13.0 Å². The largest absolute Gasteiger partial charge is 0.340 e. The third kappa shape index (κ3) is 3.29. The van der Waals surface area contributed by atoms with Crippen LogP contribution in [0.1, 0.15) is 22.5 Å². The lowest BCUT2D eigenvalue weighted by molar-refractivity contribution is 0.869. The minimum absolute atomic E-state index is 0.562. The molecule has 0 saturated carbocycles. The van der Waals surface area contributed by atoms with Crippen molar-refractivity contribution in [3.8, 4) is 0 Å². The number of hydrogen-bond acceptors (Lipinski definition) is 4. The van der Waals surface area contributed by atoms with Crippen LogP contribution in [0, 0.1) is 20.8 Å². The molecule has 3 N–H and O–H groups in total. The van der Waals surface area contributed by atoms with Crippen molar-refractivity contribution in [1.29, 1.82) is 0 Å². The van der Waals surface area contributed by atoms with Gasteiger partial charge in [0.05, 0.1) is 0 Å². The standard InChI is InChI=1S/C15H20N4/c1-10-8-11(2)15(12(3)9-10)19-14-5-7-17-13(18-14)4-6-16/h5,7-9H,4,6,16H2,1-3H3,(H,17,18,19). The Morgan fingerprint density at radius 1 is 1.16 bits per heavy atom. The Hall–Kier alpha value is -1.94. The van der Waals surface area contributed by atoms with Gasteiger partial charge in [-0.15, -0.1) is 0 Å². The van der Waals surface area contributed by atoms with E-state index in [4.69, 9.17) is 5.73 Å². The minimum atomic E-state index is 0.562. The molecular weight excluding hydrogens is 236 g/mol. The van der Waals surface area contributed by atoms with Gasteiger partial charge in [0.1, 0.15) is 11.6 Å². The summed E-state index contributed by atoms with van der Waals surface area (Å²) in [5.74, 6) is 1.59. The van der Waals surface area contributed by atoms with E-state index in [2.05, 4.69) is 48.2 Å². The highest BCUT2D eigenvalue weighted by molar-refractivity contribution is 5.65. The van der Waals surface area contributed by atoms with Crippen molar-refractivity contribution < 1.29 is 0 Å². The summed E-state index contributed by atoms with van der Waals surface area (Å²) in [5.41, 5.74) is 10.3. The first-order valence-corrected chi connectivity index (χ1v) is 6.47. The first-order chi connectivity index (χ1) is 9.10. The topological polar surface area (TPSA) is 63.8 Å². The molecule has 0 fully saturated rings. The van der Waals surface area contributed by atoms with E-state index in [0.717, 1.165) is 17.3 Å². The van der Waals surface area contributed by atoms with Crippen molar-refractivity contribution in [3.05, 3.63) is 46.9 Å². The highest BCUT2D eigenvalue weighted by Gasteiger charge is 2.05. The third-order valence-corrected chi connectivity index (χ3v) is 3.00. The van der Waals surface area contributed by atoms with E-state index < -0.39 is 0 Å². The number of anilines is 2. The highest BCUT2D eigenvalue weighted by Crippen LogP contribution is 2.24. The summed E-state index contributed by atoms with van der Waals surface area (Å²) in [6.07, 6.45) is 2.46. The van der Waals surface area contributed by atoms with Crippen molar-refractivity contribution in [3.63, 3.8) is 0 Å². The molecule has 0 amide bonds.